The molecule has 0 saturated carbocycles. The van der Waals surface area contributed by atoms with Crippen LogP contribution in [-0.4, -0.2) is 45.5 Å². The highest BCUT2D eigenvalue weighted by molar-refractivity contribution is 6.03. The van der Waals surface area contributed by atoms with E-state index in [1.54, 1.807) is 0 Å². The number of carboxylic acids is 2. The molecule has 1 aliphatic heterocycles. The lowest BCUT2D eigenvalue weighted by atomic mass is 9.60. The summed E-state index contributed by atoms with van der Waals surface area (Å²) >= 11 is 0. The number of rotatable bonds is 5. The van der Waals surface area contributed by atoms with Gasteiger partial charge in [0, 0.05) is 23.3 Å². The summed E-state index contributed by atoms with van der Waals surface area (Å²) in [7, 11) is 0. The zero-order valence-electron chi connectivity index (χ0n) is 14.5. The summed E-state index contributed by atoms with van der Waals surface area (Å²) in [5.41, 5.74) is -1.68. The van der Waals surface area contributed by atoms with Crippen LogP contribution in [0.3, 0.4) is 0 Å². The van der Waals surface area contributed by atoms with E-state index in [1.807, 2.05) is 0 Å². The molecule has 0 saturated heterocycles. The first-order chi connectivity index (χ1) is 12.1. The van der Waals surface area contributed by atoms with Crippen molar-refractivity contribution in [1.82, 2.24) is 0 Å². The van der Waals surface area contributed by atoms with Crippen LogP contribution in [0.1, 0.15) is 30.9 Å². The van der Waals surface area contributed by atoms with Crippen molar-refractivity contribution < 1.29 is 29.1 Å². The Morgan fingerprint density at radius 3 is 2.42 bits per heavy atom. The minimum Gasteiger partial charge on any atom is -0.481 e. The Hall–Kier alpha value is -2.84. The minimum absolute atomic E-state index is 0.0924. The molecule has 0 spiro atoms. The number of halogens is 1. The molecule has 0 amide bonds. The average Bonchev–Trinajstić information content (AvgIpc) is 2.55. The lowest BCUT2D eigenvalue weighted by Crippen LogP contribution is -2.54. The van der Waals surface area contributed by atoms with Crippen LogP contribution < -0.4 is 0 Å². The zero-order valence-corrected chi connectivity index (χ0v) is 14.5. The third-order valence-electron chi connectivity index (χ3n) is 5.23. The second kappa shape index (κ2) is 6.81. The molecule has 1 heterocycles. The molecule has 2 rings (SSSR count). The quantitative estimate of drug-likeness (QED) is 0.608. The van der Waals surface area contributed by atoms with E-state index in [1.165, 1.54) is 39.0 Å². The van der Waals surface area contributed by atoms with Gasteiger partial charge in [-0.15, -0.1) is 0 Å². The lowest BCUT2D eigenvalue weighted by Gasteiger charge is -2.44. The number of benzene rings is 1. The van der Waals surface area contributed by atoms with Crippen molar-refractivity contribution in [2.45, 2.75) is 32.7 Å². The van der Waals surface area contributed by atoms with E-state index in [0.717, 1.165) is 0 Å². The van der Waals surface area contributed by atoms with Crippen LogP contribution in [0.5, 0.6) is 0 Å². The third kappa shape index (κ3) is 2.83. The number of carbonyl (C=O) groups is 2. The Bertz CT molecular complexity index is 808. The van der Waals surface area contributed by atoms with Crippen LogP contribution >= 0.6 is 0 Å². The first-order valence-corrected chi connectivity index (χ1v) is 7.87. The van der Waals surface area contributed by atoms with E-state index in [4.69, 9.17) is 0 Å². The Kier molecular flexibility index (Phi) is 5.11. The second-order valence-corrected chi connectivity index (χ2v) is 6.57. The van der Waals surface area contributed by atoms with Crippen LogP contribution in [0.2, 0.25) is 0 Å². The molecule has 0 bridgehead atoms. The number of alkyl halides is 1. The highest BCUT2D eigenvalue weighted by Crippen LogP contribution is 2.50. The van der Waals surface area contributed by atoms with E-state index >= 15 is 0 Å². The van der Waals surface area contributed by atoms with Crippen LogP contribution in [-0.2, 0) is 9.59 Å². The molecule has 1 aromatic rings. The maximum atomic E-state index is 13.6. The molecule has 0 fully saturated rings. The Labute approximate surface area is 148 Å². The smallest absolute Gasteiger partial charge is 0.312 e. The summed E-state index contributed by atoms with van der Waals surface area (Å²) < 4.78 is 13.6. The maximum absolute atomic E-state index is 13.6. The summed E-state index contributed by atoms with van der Waals surface area (Å²) in [6.45, 7) is 2.99. The molecular formula is C17H19FN2O6. The summed E-state index contributed by atoms with van der Waals surface area (Å²) in [5.74, 6) is -5.26. The van der Waals surface area contributed by atoms with Crippen LogP contribution in [0, 0.1) is 28.4 Å². The number of nitrogens with zero attached hydrogens (tertiary/aromatic N) is 2. The predicted octanol–water partition coefficient (Wildman–Crippen LogP) is 2.59. The van der Waals surface area contributed by atoms with E-state index < -0.39 is 46.8 Å². The van der Waals surface area contributed by atoms with Gasteiger partial charge in [-0.3, -0.25) is 24.7 Å². The van der Waals surface area contributed by atoms with Gasteiger partial charge in [0.1, 0.15) is 12.6 Å². The molecule has 1 aromatic carbocycles. The number of hydrogen-bond acceptors (Lipinski definition) is 5. The molecule has 0 aromatic heterocycles. The van der Waals surface area contributed by atoms with Gasteiger partial charge in [0.25, 0.3) is 5.69 Å². The molecule has 1 aliphatic rings. The van der Waals surface area contributed by atoms with Crippen molar-refractivity contribution in [2.75, 3.05) is 6.67 Å². The minimum atomic E-state index is -1.88. The first-order valence-electron chi connectivity index (χ1n) is 7.87. The zero-order chi connectivity index (χ0) is 19.8. The maximum Gasteiger partial charge on any atom is 0.312 e. The van der Waals surface area contributed by atoms with Gasteiger partial charge in [-0.05, 0) is 26.3 Å². The number of carboxylic acid groups (broad SMARTS) is 2. The van der Waals surface area contributed by atoms with Crippen molar-refractivity contribution in [3.8, 4) is 0 Å². The largest absolute Gasteiger partial charge is 0.481 e. The summed E-state index contributed by atoms with van der Waals surface area (Å²) in [4.78, 5) is 38.6. The fraction of sp³-hybridized carbons (Fsp3) is 0.471. The molecule has 140 valence electrons. The van der Waals surface area contributed by atoms with E-state index in [2.05, 4.69) is 4.99 Å². The van der Waals surface area contributed by atoms with E-state index in [0.29, 0.717) is 0 Å². The topological polar surface area (TPSA) is 130 Å². The molecule has 2 N–H and O–H groups in total. The molecule has 4 atom stereocenters. The third-order valence-corrected chi connectivity index (χ3v) is 5.23. The molecular weight excluding hydrogens is 347 g/mol. The van der Waals surface area contributed by atoms with Crippen LogP contribution in [0.4, 0.5) is 10.1 Å². The number of aliphatic carboxylic acids is 2. The summed E-state index contributed by atoms with van der Waals surface area (Å²) in [6, 6.07) is 2.79. The summed E-state index contributed by atoms with van der Waals surface area (Å²) in [5, 5.41) is 30.7. The molecule has 4 unspecified atom stereocenters. The highest BCUT2D eigenvalue weighted by atomic mass is 19.1. The summed E-state index contributed by atoms with van der Waals surface area (Å²) in [6.07, 6.45) is 0. The Balaban J connectivity index is 2.85. The fourth-order valence-electron chi connectivity index (χ4n) is 3.72. The van der Waals surface area contributed by atoms with Gasteiger partial charge in [-0.1, -0.05) is 12.1 Å². The number of nitro groups is 1. The van der Waals surface area contributed by atoms with Crippen molar-refractivity contribution in [1.29, 1.82) is 0 Å². The van der Waals surface area contributed by atoms with Crippen molar-refractivity contribution in [3.05, 3.63) is 39.4 Å². The van der Waals surface area contributed by atoms with Crippen molar-refractivity contribution in [2.24, 2.45) is 16.3 Å². The normalized spacial score (nSPS) is 28.3. The van der Waals surface area contributed by atoms with Gasteiger partial charge >= 0.3 is 11.9 Å². The Morgan fingerprint density at radius 1 is 1.35 bits per heavy atom. The fourth-order valence-corrected chi connectivity index (χ4v) is 3.72. The van der Waals surface area contributed by atoms with Gasteiger partial charge < -0.3 is 10.2 Å². The average molecular weight is 366 g/mol. The number of nitro benzene ring substituents is 1. The van der Waals surface area contributed by atoms with Gasteiger partial charge in [-0.25, -0.2) is 4.39 Å². The second-order valence-electron chi connectivity index (χ2n) is 6.57. The van der Waals surface area contributed by atoms with Gasteiger partial charge in [0.15, 0.2) is 0 Å². The van der Waals surface area contributed by atoms with E-state index in [9.17, 15) is 34.3 Å². The SMILES string of the molecule is CC1=NC(CF)C(C)(C(=O)O)C(c2cccc([N+](=O)[O-])c2C)C1C(=O)O. The van der Waals surface area contributed by atoms with Crippen LogP contribution in [0.25, 0.3) is 0 Å². The van der Waals surface area contributed by atoms with Gasteiger partial charge in [0.05, 0.1) is 16.4 Å². The molecule has 8 nitrogen and oxygen atoms in total. The number of hydrogen-bond donors (Lipinski definition) is 2. The van der Waals surface area contributed by atoms with Crippen molar-refractivity contribution >= 4 is 23.3 Å². The monoisotopic (exact) mass is 366 g/mol. The molecule has 9 heteroatoms. The highest BCUT2D eigenvalue weighted by Gasteiger charge is 2.57. The van der Waals surface area contributed by atoms with Crippen LogP contribution in [0.15, 0.2) is 23.2 Å². The lowest BCUT2D eigenvalue weighted by molar-refractivity contribution is -0.385. The van der Waals surface area contributed by atoms with E-state index in [-0.39, 0.29) is 22.5 Å². The van der Waals surface area contributed by atoms with Gasteiger partial charge in [0.2, 0.25) is 0 Å². The Morgan fingerprint density at radius 2 is 1.96 bits per heavy atom. The standard InChI is InChI=1S/C17H19FN2O6/c1-8-10(5-4-6-11(8)20(25)26)14-13(15(21)22)9(2)19-12(7-18)17(14,3)16(23)24/h4-6,12-14H,7H2,1-3H3,(H,21,22)(H,23,24). The molecule has 0 radical (unpaired) electrons. The molecule has 0 aliphatic carbocycles. The predicted molar refractivity (Wildman–Crippen MR) is 90.3 cm³/mol. The van der Waals surface area contributed by atoms with Crippen molar-refractivity contribution in [3.63, 3.8) is 0 Å². The first kappa shape index (κ1) is 19.5. The molecule has 26 heavy (non-hydrogen) atoms. The number of aliphatic imine (C=N–C) groups is 1. The van der Waals surface area contributed by atoms with Gasteiger partial charge in [-0.2, -0.15) is 0 Å².